The number of carbonyl (C=O) groups excluding carboxylic acids is 2. The van der Waals surface area contributed by atoms with Crippen LogP contribution in [0, 0.1) is 0 Å². The molecule has 0 saturated heterocycles. The third kappa shape index (κ3) is 3.77. The van der Waals surface area contributed by atoms with Gasteiger partial charge in [0.05, 0.1) is 0 Å². The van der Waals surface area contributed by atoms with Crippen LogP contribution in [0.1, 0.15) is 28.9 Å². The molecule has 0 aromatic heterocycles. The Balaban J connectivity index is 2.16. The lowest BCUT2D eigenvalue weighted by Gasteiger charge is -2.15. The molecule has 0 saturated carbocycles. The van der Waals surface area contributed by atoms with Crippen molar-refractivity contribution in [2.75, 3.05) is 12.4 Å². The Bertz CT molecular complexity index is 637. The van der Waals surface area contributed by atoms with Crippen LogP contribution < -0.4 is 5.32 Å². The number of methoxy groups -OCH3 is 1. The predicted molar refractivity (Wildman–Crippen MR) is 81.3 cm³/mol. The molecule has 0 aliphatic rings. The molecule has 1 atom stereocenters. The molecule has 4 nitrogen and oxygen atoms in total. The van der Waals surface area contributed by atoms with Gasteiger partial charge in [-0.25, -0.2) is 0 Å². The van der Waals surface area contributed by atoms with E-state index < -0.39 is 6.10 Å². The SMILES string of the molecule is COC(C(=O)Nc1cccc(C(C)=O)c1)c1ccccc1. The smallest absolute Gasteiger partial charge is 0.258 e. The number of Topliss-reactive ketones (excluding diaryl/α,β-unsaturated/α-hetero) is 1. The summed E-state index contributed by atoms with van der Waals surface area (Å²) < 4.78 is 5.27. The Morgan fingerprint density at radius 1 is 1.05 bits per heavy atom. The molecule has 0 heterocycles. The predicted octanol–water partition coefficient (Wildman–Crippen LogP) is 3.22. The molecule has 2 aromatic carbocycles. The minimum Gasteiger partial charge on any atom is -0.367 e. The molecule has 2 rings (SSSR count). The van der Waals surface area contributed by atoms with Crippen molar-refractivity contribution in [3.8, 4) is 0 Å². The van der Waals surface area contributed by atoms with Crippen molar-refractivity contribution < 1.29 is 14.3 Å². The van der Waals surface area contributed by atoms with Gasteiger partial charge in [0.1, 0.15) is 0 Å². The van der Waals surface area contributed by atoms with Gasteiger partial charge in [-0.3, -0.25) is 9.59 Å². The highest BCUT2D eigenvalue weighted by Crippen LogP contribution is 2.19. The van der Waals surface area contributed by atoms with E-state index in [0.29, 0.717) is 11.3 Å². The van der Waals surface area contributed by atoms with E-state index in [4.69, 9.17) is 4.74 Å². The Labute approximate surface area is 123 Å². The van der Waals surface area contributed by atoms with E-state index in [1.165, 1.54) is 14.0 Å². The number of ketones is 1. The Morgan fingerprint density at radius 3 is 2.38 bits per heavy atom. The van der Waals surface area contributed by atoms with Crippen LogP contribution in [0.2, 0.25) is 0 Å². The van der Waals surface area contributed by atoms with Gasteiger partial charge in [-0.1, -0.05) is 42.5 Å². The van der Waals surface area contributed by atoms with Gasteiger partial charge in [-0.2, -0.15) is 0 Å². The molecule has 4 heteroatoms. The first kappa shape index (κ1) is 14.9. The van der Waals surface area contributed by atoms with Gasteiger partial charge in [0.2, 0.25) is 0 Å². The summed E-state index contributed by atoms with van der Waals surface area (Å²) >= 11 is 0. The fraction of sp³-hybridized carbons (Fsp3) is 0.176. The van der Waals surface area contributed by atoms with Crippen LogP contribution in [0.4, 0.5) is 5.69 Å². The zero-order chi connectivity index (χ0) is 15.2. The number of hydrogen-bond donors (Lipinski definition) is 1. The maximum atomic E-state index is 12.3. The lowest BCUT2D eigenvalue weighted by molar-refractivity contribution is -0.126. The van der Waals surface area contributed by atoms with Gasteiger partial charge in [0.25, 0.3) is 5.91 Å². The molecule has 0 fully saturated rings. The molecule has 0 radical (unpaired) electrons. The summed E-state index contributed by atoms with van der Waals surface area (Å²) in [6.07, 6.45) is -0.688. The lowest BCUT2D eigenvalue weighted by atomic mass is 10.1. The summed E-state index contributed by atoms with van der Waals surface area (Å²) in [6.45, 7) is 1.49. The fourth-order valence-corrected chi connectivity index (χ4v) is 2.05. The van der Waals surface area contributed by atoms with Crippen LogP contribution in [-0.4, -0.2) is 18.8 Å². The first-order valence-electron chi connectivity index (χ1n) is 6.61. The van der Waals surface area contributed by atoms with E-state index in [9.17, 15) is 9.59 Å². The summed E-state index contributed by atoms with van der Waals surface area (Å²) in [4.78, 5) is 23.7. The third-order valence-corrected chi connectivity index (χ3v) is 3.11. The van der Waals surface area contributed by atoms with Gasteiger partial charge in [-0.05, 0) is 24.6 Å². The molecule has 0 bridgehead atoms. The minimum atomic E-state index is -0.688. The summed E-state index contributed by atoms with van der Waals surface area (Å²) in [6, 6.07) is 16.1. The second-order valence-corrected chi connectivity index (χ2v) is 4.65. The number of anilines is 1. The highest BCUT2D eigenvalue weighted by molar-refractivity contribution is 5.98. The van der Waals surface area contributed by atoms with Gasteiger partial charge in [0, 0.05) is 18.4 Å². The Kier molecular flexibility index (Phi) is 4.85. The second-order valence-electron chi connectivity index (χ2n) is 4.65. The van der Waals surface area contributed by atoms with Crippen molar-refractivity contribution in [1.29, 1.82) is 0 Å². The van der Waals surface area contributed by atoms with Crippen molar-refractivity contribution >= 4 is 17.4 Å². The number of benzene rings is 2. The molecule has 1 unspecified atom stereocenters. The molecule has 0 aliphatic carbocycles. The van der Waals surface area contributed by atoms with E-state index in [0.717, 1.165) is 5.56 Å². The summed E-state index contributed by atoms with van der Waals surface area (Å²) in [7, 11) is 1.49. The molecular weight excluding hydrogens is 266 g/mol. The molecule has 108 valence electrons. The summed E-state index contributed by atoms with van der Waals surface area (Å²) in [5, 5.41) is 2.77. The third-order valence-electron chi connectivity index (χ3n) is 3.11. The molecule has 0 spiro atoms. The second kappa shape index (κ2) is 6.81. The quantitative estimate of drug-likeness (QED) is 0.857. The van der Waals surface area contributed by atoms with Crippen molar-refractivity contribution in [2.45, 2.75) is 13.0 Å². The average molecular weight is 283 g/mol. The summed E-state index contributed by atoms with van der Waals surface area (Å²) in [5.74, 6) is -0.318. The number of carbonyl (C=O) groups is 2. The largest absolute Gasteiger partial charge is 0.367 e. The number of amides is 1. The average Bonchev–Trinajstić information content (AvgIpc) is 2.49. The zero-order valence-corrected chi connectivity index (χ0v) is 12.0. The van der Waals surface area contributed by atoms with Crippen LogP contribution in [0.25, 0.3) is 0 Å². The van der Waals surface area contributed by atoms with Crippen molar-refractivity contribution in [2.24, 2.45) is 0 Å². The highest BCUT2D eigenvalue weighted by atomic mass is 16.5. The zero-order valence-electron chi connectivity index (χ0n) is 12.0. The first-order valence-corrected chi connectivity index (χ1v) is 6.61. The molecule has 21 heavy (non-hydrogen) atoms. The fourth-order valence-electron chi connectivity index (χ4n) is 2.05. The molecule has 1 N–H and O–H groups in total. The summed E-state index contributed by atoms with van der Waals surface area (Å²) in [5.41, 5.74) is 1.91. The number of ether oxygens (including phenoxy) is 1. The van der Waals surface area contributed by atoms with Crippen molar-refractivity contribution in [3.05, 3.63) is 65.7 Å². The van der Waals surface area contributed by atoms with Crippen molar-refractivity contribution in [1.82, 2.24) is 0 Å². The molecule has 0 aliphatic heterocycles. The number of rotatable bonds is 5. The standard InChI is InChI=1S/C17H17NO3/c1-12(19)14-9-6-10-15(11-14)18-17(20)16(21-2)13-7-4-3-5-8-13/h3-11,16H,1-2H3,(H,18,20). The van der Waals surface area contributed by atoms with E-state index in [2.05, 4.69) is 5.32 Å². The topological polar surface area (TPSA) is 55.4 Å². The van der Waals surface area contributed by atoms with Crippen LogP contribution in [-0.2, 0) is 9.53 Å². The van der Waals surface area contributed by atoms with Crippen LogP contribution in [0.3, 0.4) is 0 Å². The van der Waals surface area contributed by atoms with E-state index in [1.54, 1.807) is 24.3 Å². The van der Waals surface area contributed by atoms with E-state index in [-0.39, 0.29) is 11.7 Å². The lowest BCUT2D eigenvalue weighted by Crippen LogP contribution is -2.22. The van der Waals surface area contributed by atoms with Gasteiger partial charge >= 0.3 is 0 Å². The normalized spacial score (nSPS) is 11.7. The first-order chi connectivity index (χ1) is 10.1. The molecular formula is C17H17NO3. The highest BCUT2D eigenvalue weighted by Gasteiger charge is 2.19. The monoisotopic (exact) mass is 283 g/mol. The molecule has 1 amide bonds. The maximum Gasteiger partial charge on any atom is 0.258 e. The maximum absolute atomic E-state index is 12.3. The van der Waals surface area contributed by atoms with Crippen LogP contribution in [0.5, 0.6) is 0 Å². The Morgan fingerprint density at radius 2 is 1.76 bits per heavy atom. The Hall–Kier alpha value is -2.46. The number of hydrogen-bond acceptors (Lipinski definition) is 3. The van der Waals surface area contributed by atoms with Gasteiger partial charge in [-0.15, -0.1) is 0 Å². The van der Waals surface area contributed by atoms with E-state index in [1.807, 2.05) is 30.3 Å². The van der Waals surface area contributed by atoms with E-state index >= 15 is 0 Å². The van der Waals surface area contributed by atoms with Gasteiger partial charge < -0.3 is 10.1 Å². The molecule has 2 aromatic rings. The van der Waals surface area contributed by atoms with Crippen LogP contribution in [0.15, 0.2) is 54.6 Å². The number of nitrogens with one attached hydrogen (secondary N) is 1. The van der Waals surface area contributed by atoms with Gasteiger partial charge in [0.15, 0.2) is 11.9 Å². The minimum absolute atomic E-state index is 0.0440. The van der Waals surface area contributed by atoms with Crippen molar-refractivity contribution in [3.63, 3.8) is 0 Å². The van der Waals surface area contributed by atoms with Crippen LogP contribution >= 0.6 is 0 Å².